The van der Waals surface area contributed by atoms with Crippen LogP contribution in [0.3, 0.4) is 0 Å². The Labute approximate surface area is 248 Å². The van der Waals surface area contributed by atoms with Gasteiger partial charge in [-0.25, -0.2) is 4.39 Å². The molecule has 2 fully saturated rings. The lowest BCUT2D eigenvalue weighted by atomic mass is 9.86. The van der Waals surface area contributed by atoms with Crippen molar-refractivity contribution in [2.45, 2.75) is 52.1 Å². The van der Waals surface area contributed by atoms with Crippen LogP contribution in [0.4, 0.5) is 15.8 Å². The predicted molar refractivity (Wildman–Crippen MR) is 165 cm³/mol. The van der Waals surface area contributed by atoms with Crippen molar-refractivity contribution in [3.8, 4) is 0 Å². The number of hydrogen-bond acceptors (Lipinski definition) is 4. The molecule has 0 aromatic heterocycles. The highest BCUT2D eigenvalue weighted by Crippen LogP contribution is 2.30. The number of likely N-dealkylation sites (tertiary alicyclic amines) is 1. The number of rotatable bonds is 7. The van der Waals surface area contributed by atoms with Crippen molar-refractivity contribution in [2.24, 2.45) is 5.92 Å². The van der Waals surface area contributed by atoms with Crippen LogP contribution in [0.1, 0.15) is 50.3 Å². The lowest BCUT2D eigenvalue weighted by Crippen LogP contribution is -2.42. The van der Waals surface area contributed by atoms with E-state index in [0.29, 0.717) is 49.2 Å². The summed E-state index contributed by atoms with van der Waals surface area (Å²) < 4.78 is 20.8. The van der Waals surface area contributed by atoms with Gasteiger partial charge < -0.3 is 14.5 Å². The van der Waals surface area contributed by atoms with Gasteiger partial charge in [-0.05, 0) is 78.4 Å². The van der Waals surface area contributed by atoms with Gasteiger partial charge in [-0.1, -0.05) is 68.8 Å². The Morgan fingerprint density at radius 2 is 1.56 bits per heavy atom. The third-order valence-electron chi connectivity index (χ3n) is 8.28. The van der Waals surface area contributed by atoms with Crippen LogP contribution < -0.4 is 9.80 Å². The smallest absolute Gasteiger partial charge is 0.230 e. The van der Waals surface area contributed by atoms with Crippen LogP contribution >= 0.6 is 11.6 Å². The van der Waals surface area contributed by atoms with Gasteiger partial charge in [0.05, 0.1) is 25.4 Å². The van der Waals surface area contributed by atoms with Gasteiger partial charge in [-0.3, -0.25) is 9.69 Å². The van der Waals surface area contributed by atoms with Crippen LogP contribution in [-0.2, 0) is 28.0 Å². The Morgan fingerprint density at radius 1 is 0.927 bits per heavy atom. The molecule has 3 aromatic carbocycles. The molecule has 0 radical (unpaired) electrons. The fourth-order valence-corrected chi connectivity index (χ4v) is 5.85. The molecule has 0 saturated carbocycles. The highest BCUT2D eigenvalue weighted by molar-refractivity contribution is 6.30. The Balaban J connectivity index is 1.28. The van der Waals surface area contributed by atoms with E-state index in [0.717, 1.165) is 38.0 Å². The zero-order valence-corrected chi connectivity index (χ0v) is 25.2. The number of halogens is 2. The van der Waals surface area contributed by atoms with Crippen LogP contribution in [0.2, 0.25) is 5.02 Å². The van der Waals surface area contributed by atoms with Crippen LogP contribution in [0, 0.1) is 11.7 Å². The van der Waals surface area contributed by atoms with E-state index in [1.54, 1.807) is 11.0 Å². The molecule has 0 aliphatic carbocycles. The molecule has 7 heteroatoms. The molecule has 0 N–H and O–H groups in total. The second kappa shape index (κ2) is 12.9. The van der Waals surface area contributed by atoms with Gasteiger partial charge in [-0.15, -0.1) is 0 Å². The monoisotopic (exact) mass is 577 g/mol. The number of carbonyl (C=O) groups excluding carboxylic acids is 1. The molecule has 2 saturated heterocycles. The maximum atomic E-state index is 15.4. The molecule has 0 atom stereocenters. The molecule has 2 aliphatic rings. The highest BCUT2D eigenvalue weighted by Gasteiger charge is 2.30. The van der Waals surface area contributed by atoms with E-state index in [1.807, 2.05) is 35.2 Å². The summed E-state index contributed by atoms with van der Waals surface area (Å²) in [5.41, 5.74) is 4.86. The molecule has 218 valence electrons. The zero-order chi connectivity index (χ0) is 29.0. The zero-order valence-electron chi connectivity index (χ0n) is 24.4. The van der Waals surface area contributed by atoms with Crippen molar-refractivity contribution in [3.63, 3.8) is 0 Å². The minimum atomic E-state index is -0.314. The van der Waals surface area contributed by atoms with Crippen molar-refractivity contribution < 1.29 is 13.9 Å². The van der Waals surface area contributed by atoms with Crippen LogP contribution in [0.5, 0.6) is 0 Å². The normalized spacial score (nSPS) is 17.0. The standard InChI is InChI=1S/C34H41ClFN3O2/c1-34(2,3)28-8-4-25(5-9-28)23-37-16-14-27(15-17-37)33(40)39(24-26-6-10-29(35)11-7-26)30-12-13-32(31(36)22-30)38-18-20-41-21-19-38/h4-13,22,27H,14-21,23-24H2,1-3H3. The lowest BCUT2D eigenvalue weighted by molar-refractivity contribution is -0.124. The lowest BCUT2D eigenvalue weighted by Gasteiger charge is -2.35. The summed E-state index contributed by atoms with van der Waals surface area (Å²) in [5.74, 6) is -0.373. The van der Waals surface area contributed by atoms with Crippen LogP contribution in [-0.4, -0.2) is 50.2 Å². The summed E-state index contributed by atoms with van der Waals surface area (Å²) in [7, 11) is 0. The number of carbonyl (C=O) groups is 1. The largest absolute Gasteiger partial charge is 0.378 e. The van der Waals surface area contributed by atoms with E-state index in [9.17, 15) is 4.79 Å². The Kier molecular flexibility index (Phi) is 9.32. The number of nitrogens with zero attached hydrogens (tertiary/aromatic N) is 3. The minimum Gasteiger partial charge on any atom is -0.378 e. The first-order chi connectivity index (χ1) is 19.7. The predicted octanol–water partition coefficient (Wildman–Crippen LogP) is 7.06. The van der Waals surface area contributed by atoms with Crippen molar-refractivity contribution in [1.82, 2.24) is 4.90 Å². The molecule has 5 rings (SSSR count). The van der Waals surface area contributed by atoms with Gasteiger partial charge in [0.15, 0.2) is 0 Å². The second-order valence-corrected chi connectivity index (χ2v) is 12.7. The third kappa shape index (κ3) is 7.48. The number of amides is 1. The van der Waals surface area contributed by atoms with E-state index in [-0.39, 0.29) is 23.1 Å². The SMILES string of the molecule is CC(C)(C)c1ccc(CN2CCC(C(=O)N(Cc3ccc(Cl)cc3)c3ccc(N4CCOCC4)c(F)c3)CC2)cc1. The quantitative estimate of drug-likeness (QED) is 0.301. The maximum Gasteiger partial charge on any atom is 0.230 e. The fraction of sp³-hybridized carbons (Fsp3) is 0.441. The number of ether oxygens (including phenoxy) is 1. The molecule has 2 heterocycles. The van der Waals surface area contributed by atoms with Crippen LogP contribution in [0.25, 0.3) is 0 Å². The van der Waals surface area contributed by atoms with Gasteiger partial charge in [0.25, 0.3) is 0 Å². The second-order valence-electron chi connectivity index (χ2n) is 12.3. The summed E-state index contributed by atoms with van der Waals surface area (Å²) in [6.07, 6.45) is 1.56. The molecule has 1 amide bonds. The number of morpholine rings is 1. The molecular formula is C34H41ClFN3O2. The Hall–Kier alpha value is -2.93. The Morgan fingerprint density at radius 3 is 2.17 bits per heavy atom. The number of hydrogen-bond donors (Lipinski definition) is 0. The molecule has 2 aliphatic heterocycles. The van der Waals surface area contributed by atoms with E-state index >= 15 is 4.39 Å². The molecule has 3 aromatic rings. The number of anilines is 2. The number of benzene rings is 3. The molecular weight excluding hydrogens is 537 g/mol. The molecule has 5 nitrogen and oxygen atoms in total. The van der Waals surface area contributed by atoms with Crippen molar-refractivity contribution >= 4 is 28.9 Å². The first kappa shape index (κ1) is 29.6. The average molecular weight is 578 g/mol. The topological polar surface area (TPSA) is 36.0 Å². The van der Waals surface area contributed by atoms with Crippen molar-refractivity contribution in [1.29, 1.82) is 0 Å². The summed E-state index contributed by atoms with van der Waals surface area (Å²) in [6, 6.07) is 21.6. The molecule has 0 unspecified atom stereocenters. The third-order valence-corrected chi connectivity index (χ3v) is 8.53. The average Bonchev–Trinajstić information content (AvgIpc) is 2.97. The summed E-state index contributed by atoms with van der Waals surface area (Å²) in [6.45, 7) is 12.1. The summed E-state index contributed by atoms with van der Waals surface area (Å²) in [4.78, 5) is 20.2. The van der Waals surface area contributed by atoms with Gasteiger partial charge in [0, 0.05) is 36.3 Å². The first-order valence-electron chi connectivity index (χ1n) is 14.7. The van der Waals surface area contributed by atoms with E-state index in [1.165, 1.54) is 17.2 Å². The van der Waals surface area contributed by atoms with E-state index in [4.69, 9.17) is 16.3 Å². The van der Waals surface area contributed by atoms with Crippen molar-refractivity contribution in [3.05, 3.63) is 94.3 Å². The molecule has 0 bridgehead atoms. The molecule has 0 spiro atoms. The highest BCUT2D eigenvalue weighted by atomic mass is 35.5. The Bertz CT molecular complexity index is 1310. The van der Waals surface area contributed by atoms with Gasteiger partial charge >= 0.3 is 0 Å². The minimum absolute atomic E-state index is 0.0488. The molecule has 41 heavy (non-hydrogen) atoms. The van der Waals surface area contributed by atoms with Crippen molar-refractivity contribution in [2.75, 3.05) is 49.2 Å². The van der Waals surface area contributed by atoms with E-state index in [2.05, 4.69) is 49.9 Å². The maximum absolute atomic E-state index is 15.4. The number of piperidine rings is 1. The fourth-order valence-electron chi connectivity index (χ4n) is 5.72. The van der Waals surface area contributed by atoms with Gasteiger partial charge in [0.1, 0.15) is 5.82 Å². The van der Waals surface area contributed by atoms with Gasteiger partial charge in [0.2, 0.25) is 5.91 Å². The summed E-state index contributed by atoms with van der Waals surface area (Å²) >= 11 is 6.11. The summed E-state index contributed by atoms with van der Waals surface area (Å²) in [5, 5.41) is 0.646. The van der Waals surface area contributed by atoms with Gasteiger partial charge in [-0.2, -0.15) is 0 Å². The first-order valence-corrected chi connectivity index (χ1v) is 15.0. The van der Waals surface area contributed by atoms with Crippen LogP contribution in [0.15, 0.2) is 66.7 Å². The van der Waals surface area contributed by atoms with E-state index < -0.39 is 0 Å².